The van der Waals surface area contributed by atoms with Crippen LogP contribution in [-0.4, -0.2) is 27.9 Å². The molecule has 0 radical (unpaired) electrons. The molecule has 47 heavy (non-hydrogen) atoms. The molecule has 0 aliphatic rings. The average Bonchev–Trinajstić information content (AvgIpc) is 3.73. The number of para-hydroxylation sites is 1. The predicted molar refractivity (Wildman–Crippen MR) is 193 cm³/mol. The van der Waals surface area contributed by atoms with Crippen molar-refractivity contribution in [3.05, 3.63) is 168 Å². The van der Waals surface area contributed by atoms with E-state index in [0.29, 0.717) is 24.1 Å². The molecule has 6 nitrogen and oxygen atoms in total. The fourth-order valence-electron chi connectivity index (χ4n) is 6.01. The number of hydrogen-bond acceptors (Lipinski definition) is 3. The largest absolute Gasteiger partial charge is 0.434 e. The lowest BCUT2D eigenvalue weighted by atomic mass is 10.1. The second-order valence-electron chi connectivity index (χ2n) is 11.2. The number of aliphatic imine (C=N–C) groups is 3. The van der Waals surface area contributed by atoms with Crippen LogP contribution in [0.15, 0.2) is 171 Å². The quantitative estimate of drug-likeness (QED) is 0.139. The van der Waals surface area contributed by atoms with E-state index >= 15 is 0 Å². The zero-order valence-corrected chi connectivity index (χ0v) is 25.5. The fraction of sp³-hybridized carbons (Fsp3) is 0.0244. The van der Waals surface area contributed by atoms with Gasteiger partial charge in [0.05, 0.1) is 17.6 Å². The number of amidine groups is 2. The van der Waals surface area contributed by atoms with Crippen LogP contribution in [0.4, 0.5) is 0 Å². The van der Waals surface area contributed by atoms with Gasteiger partial charge in [0, 0.05) is 33.2 Å². The monoisotopic (exact) mass is 607 g/mol. The fourth-order valence-corrected chi connectivity index (χ4v) is 6.01. The molecule has 0 bridgehead atoms. The molecule has 6 aromatic carbocycles. The molecule has 0 saturated heterocycles. The molecule has 0 fully saturated rings. The van der Waals surface area contributed by atoms with E-state index < -0.39 is 0 Å². The van der Waals surface area contributed by atoms with Gasteiger partial charge in [-0.3, -0.25) is 4.99 Å². The molecule has 8 aromatic rings. The van der Waals surface area contributed by atoms with E-state index in [1.807, 2.05) is 97.1 Å². The van der Waals surface area contributed by atoms with Crippen molar-refractivity contribution in [2.75, 3.05) is 0 Å². The van der Waals surface area contributed by atoms with E-state index in [4.69, 9.17) is 19.4 Å². The van der Waals surface area contributed by atoms with Crippen LogP contribution in [0.5, 0.6) is 0 Å². The first-order valence-corrected chi connectivity index (χ1v) is 15.4. The Morgan fingerprint density at radius 2 is 1.36 bits per heavy atom. The van der Waals surface area contributed by atoms with Gasteiger partial charge in [0.2, 0.25) is 5.89 Å². The Morgan fingerprint density at radius 3 is 2.15 bits per heavy atom. The highest BCUT2D eigenvalue weighted by atomic mass is 16.3. The summed E-state index contributed by atoms with van der Waals surface area (Å²) in [7, 11) is 0. The summed E-state index contributed by atoms with van der Waals surface area (Å²) in [6, 6.07) is 50.9. The smallest absolute Gasteiger partial charge is 0.227 e. The summed E-state index contributed by atoms with van der Waals surface area (Å²) >= 11 is 0. The second kappa shape index (κ2) is 12.2. The van der Waals surface area contributed by atoms with Crippen LogP contribution in [0, 0.1) is 0 Å². The third kappa shape index (κ3) is 5.32. The molecule has 0 unspecified atom stereocenters. The van der Waals surface area contributed by atoms with Gasteiger partial charge in [-0.15, -0.1) is 0 Å². The van der Waals surface area contributed by atoms with Crippen molar-refractivity contribution in [1.29, 1.82) is 0 Å². The van der Waals surface area contributed by atoms with Crippen molar-refractivity contribution in [2.24, 2.45) is 15.0 Å². The Bertz CT molecular complexity index is 2440. The molecule has 0 aliphatic carbocycles. The maximum absolute atomic E-state index is 6.52. The number of benzene rings is 6. The Hall–Kier alpha value is -6.40. The molecule has 0 spiro atoms. The molecule has 224 valence electrons. The molecule has 8 rings (SSSR count). The first-order valence-electron chi connectivity index (χ1n) is 15.4. The summed E-state index contributed by atoms with van der Waals surface area (Å²) in [6.45, 7) is 4.40. The van der Waals surface area contributed by atoms with Crippen LogP contribution < -0.4 is 0 Å². The SMILES string of the molecule is C=NC(=NC(=NCc1ccccc1)c1ccccc1)c1cccc(-n2c3ccccc3c3ccc4nc(-c5ccccc5)oc4c32)c1. The Morgan fingerprint density at radius 1 is 0.660 bits per heavy atom. The lowest BCUT2D eigenvalue weighted by molar-refractivity contribution is 0.622. The number of fused-ring (bicyclic) bond motifs is 5. The van der Waals surface area contributed by atoms with Gasteiger partial charge in [-0.25, -0.2) is 15.0 Å². The van der Waals surface area contributed by atoms with Gasteiger partial charge < -0.3 is 8.98 Å². The van der Waals surface area contributed by atoms with Gasteiger partial charge in [-0.05, 0) is 54.7 Å². The maximum atomic E-state index is 6.52. The zero-order chi connectivity index (χ0) is 31.6. The summed E-state index contributed by atoms with van der Waals surface area (Å²) in [5.74, 6) is 1.67. The summed E-state index contributed by atoms with van der Waals surface area (Å²) in [4.78, 5) is 19.1. The first-order chi connectivity index (χ1) is 23.3. The highest BCUT2D eigenvalue weighted by Gasteiger charge is 2.20. The van der Waals surface area contributed by atoms with E-state index in [1.54, 1.807) is 0 Å². The van der Waals surface area contributed by atoms with Crippen molar-refractivity contribution in [2.45, 2.75) is 6.54 Å². The maximum Gasteiger partial charge on any atom is 0.227 e. The lowest BCUT2D eigenvalue weighted by Gasteiger charge is -2.11. The Kier molecular flexibility index (Phi) is 7.28. The van der Waals surface area contributed by atoms with E-state index in [2.05, 4.69) is 70.9 Å². The molecule has 2 aromatic heterocycles. The van der Waals surface area contributed by atoms with Crippen molar-refractivity contribution >= 4 is 51.3 Å². The minimum absolute atomic E-state index is 0.486. The van der Waals surface area contributed by atoms with Crippen molar-refractivity contribution in [1.82, 2.24) is 9.55 Å². The van der Waals surface area contributed by atoms with Crippen LogP contribution in [0.2, 0.25) is 0 Å². The van der Waals surface area contributed by atoms with E-state index in [9.17, 15) is 0 Å². The van der Waals surface area contributed by atoms with Crippen molar-refractivity contribution in [3.8, 4) is 17.1 Å². The molecular formula is C41H29N5O. The summed E-state index contributed by atoms with van der Waals surface area (Å²) in [5.41, 5.74) is 8.25. The van der Waals surface area contributed by atoms with E-state index in [-0.39, 0.29) is 0 Å². The molecule has 0 aliphatic heterocycles. The van der Waals surface area contributed by atoms with Crippen molar-refractivity contribution < 1.29 is 4.42 Å². The summed E-state index contributed by atoms with van der Waals surface area (Å²) in [6.07, 6.45) is 0. The van der Waals surface area contributed by atoms with Gasteiger partial charge >= 0.3 is 0 Å². The molecule has 2 heterocycles. The van der Waals surface area contributed by atoms with Gasteiger partial charge in [0.25, 0.3) is 0 Å². The number of rotatable bonds is 6. The highest BCUT2D eigenvalue weighted by Crippen LogP contribution is 2.38. The minimum Gasteiger partial charge on any atom is -0.434 e. The number of aromatic nitrogens is 2. The normalized spacial score (nSPS) is 12.3. The predicted octanol–water partition coefficient (Wildman–Crippen LogP) is 9.69. The second-order valence-corrected chi connectivity index (χ2v) is 11.2. The standard InChI is InChI=1S/C41H29N5O/c1-42-39(45-40(29-16-7-3-8-17-29)43-27-28-14-5-2-6-15-28)31-20-13-21-32(26-31)46-36-23-12-11-22-33(36)34-24-25-35-38(37(34)46)47-41(44-35)30-18-9-4-10-19-30/h2-26H,1,27H2. The zero-order valence-electron chi connectivity index (χ0n) is 25.5. The lowest BCUT2D eigenvalue weighted by Crippen LogP contribution is -2.06. The van der Waals surface area contributed by atoms with Crippen LogP contribution in [0.1, 0.15) is 16.7 Å². The summed E-state index contributed by atoms with van der Waals surface area (Å²) < 4.78 is 8.76. The Labute approximate surface area is 271 Å². The average molecular weight is 608 g/mol. The van der Waals surface area contributed by atoms with Crippen LogP contribution in [0.25, 0.3) is 50.0 Å². The third-order valence-electron chi connectivity index (χ3n) is 8.22. The topological polar surface area (TPSA) is 68.0 Å². The molecule has 0 atom stereocenters. The number of hydrogen-bond donors (Lipinski definition) is 0. The van der Waals surface area contributed by atoms with Crippen LogP contribution >= 0.6 is 0 Å². The minimum atomic E-state index is 0.486. The van der Waals surface area contributed by atoms with Gasteiger partial charge in [-0.1, -0.05) is 109 Å². The number of nitrogens with zero attached hydrogens (tertiary/aromatic N) is 5. The molecule has 0 saturated carbocycles. The number of oxazole rings is 1. The van der Waals surface area contributed by atoms with Crippen LogP contribution in [-0.2, 0) is 6.54 Å². The molecular weight excluding hydrogens is 578 g/mol. The molecule has 6 heteroatoms. The van der Waals surface area contributed by atoms with Crippen molar-refractivity contribution in [3.63, 3.8) is 0 Å². The van der Waals surface area contributed by atoms with Crippen LogP contribution in [0.3, 0.4) is 0 Å². The van der Waals surface area contributed by atoms with E-state index in [0.717, 1.165) is 60.8 Å². The van der Waals surface area contributed by atoms with Gasteiger partial charge in [-0.2, -0.15) is 0 Å². The third-order valence-corrected chi connectivity index (χ3v) is 8.22. The van der Waals surface area contributed by atoms with Gasteiger partial charge in [0.15, 0.2) is 17.3 Å². The molecule has 0 N–H and O–H groups in total. The first kappa shape index (κ1) is 28.1. The van der Waals surface area contributed by atoms with Gasteiger partial charge in [0.1, 0.15) is 5.52 Å². The summed E-state index contributed by atoms with van der Waals surface area (Å²) in [5, 5.41) is 2.21. The molecule has 0 amide bonds. The Balaban J connectivity index is 1.29. The van der Waals surface area contributed by atoms with E-state index in [1.165, 1.54) is 0 Å². The highest BCUT2D eigenvalue weighted by molar-refractivity contribution is 6.17.